The Hall–Kier alpha value is -0.580. The molecule has 1 rings (SSSR count). The van der Waals surface area contributed by atoms with Crippen molar-refractivity contribution in [2.45, 2.75) is 32.1 Å². The van der Waals surface area contributed by atoms with Crippen molar-refractivity contribution in [1.29, 1.82) is 0 Å². The molecular weight excluding hydrogens is 322 g/mol. The Morgan fingerprint density at radius 3 is 2.45 bits per heavy atom. The van der Waals surface area contributed by atoms with Gasteiger partial charge in [0.1, 0.15) is 5.82 Å². The lowest BCUT2D eigenvalue weighted by Crippen LogP contribution is -2.15. The van der Waals surface area contributed by atoms with Crippen molar-refractivity contribution in [3.8, 4) is 0 Å². The molecule has 0 fully saturated rings. The van der Waals surface area contributed by atoms with E-state index in [0.29, 0.717) is 4.90 Å². The quantitative estimate of drug-likeness (QED) is 0.550. The second-order valence-electron chi connectivity index (χ2n) is 4.63. The summed E-state index contributed by atoms with van der Waals surface area (Å²) >= 11 is 12.1. The predicted molar refractivity (Wildman–Crippen MR) is 81.1 cm³/mol. The van der Waals surface area contributed by atoms with E-state index in [2.05, 4.69) is 0 Å². The van der Waals surface area contributed by atoms with E-state index >= 15 is 0 Å². The maximum Gasteiger partial charge on any atom is 0.255 e. The fourth-order valence-electron chi connectivity index (χ4n) is 1.55. The summed E-state index contributed by atoms with van der Waals surface area (Å²) in [6.07, 6.45) is 0.885. The first kappa shape index (κ1) is 17.5. The molecule has 0 aliphatic heterocycles. The third-order valence-electron chi connectivity index (χ3n) is 3.31. The van der Waals surface area contributed by atoms with Gasteiger partial charge in [-0.25, -0.2) is 4.39 Å². The lowest BCUT2D eigenvalue weighted by atomic mass is 9.95. The van der Waals surface area contributed by atoms with Gasteiger partial charge in [-0.15, -0.1) is 0 Å². The molecular formula is C14H15Cl2FO2S. The lowest BCUT2D eigenvalue weighted by molar-refractivity contribution is -0.115. The molecule has 20 heavy (non-hydrogen) atoms. The first-order valence-electron chi connectivity index (χ1n) is 6.18. The van der Waals surface area contributed by atoms with Crippen LogP contribution in [0.2, 0.25) is 5.02 Å². The van der Waals surface area contributed by atoms with E-state index in [9.17, 15) is 14.0 Å². The first-order valence-corrected chi connectivity index (χ1v) is 7.75. The molecule has 0 saturated heterocycles. The average Bonchev–Trinajstić information content (AvgIpc) is 2.39. The van der Waals surface area contributed by atoms with E-state index in [-0.39, 0.29) is 27.5 Å². The maximum absolute atomic E-state index is 13.5. The average molecular weight is 337 g/mol. The monoisotopic (exact) mass is 336 g/mol. The van der Waals surface area contributed by atoms with Gasteiger partial charge in [0.05, 0.1) is 10.6 Å². The molecule has 0 N–H and O–H groups in total. The normalized spacial score (nSPS) is 13.9. The van der Waals surface area contributed by atoms with Gasteiger partial charge in [0.2, 0.25) is 0 Å². The number of thioether (sulfide) groups is 1. The smallest absolute Gasteiger partial charge is 0.255 e. The molecule has 2 atom stereocenters. The summed E-state index contributed by atoms with van der Waals surface area (Å²) in [5, 5.41) is -0.886. The lowest BCUT2D eigenvalue weighted by Gasteiger charge is -2.16. The highest BCUT2D eigenvalue weighted by Gasteiger charge is 2.22. The predicted octanol–water partition coefficient (Wildman–Crippen LogP) is 5.16. The Kier molecular flexibility index (Phi) is 6.49. The highest BCUT2D eigenvalue weighted by Crippen LogP contribution is 2.34. The van der Waals surface area contributed by atoms with Gasteiger partial charge >= 0.3 is 0 Å². The minimum absolute atomic E-state index is 0.0687. The van der Waals surface area contributed by atoms with Crippen molar-refractivity contribution in [3.05, 3.63) is 28.5 Å². The van der Waals surface area contributed by atoms with Crippen LogP contribution in [0.5, 0.6) is 0 Å². The van der Waals surface area contributed by atoms with Crippen LogP contribution >= 0.6 is 35.0 Å². The van der Waals surface area contributed by atoms with Crippen molar-refractivity contribution in [2.75, 3.05) is 0 Å². The van der Waals surface area contributed by atoms with Gasteiger partial charge in [0.25, 0.3) is 5.24 Å². The highest BCUT2D eigenvalue weighted by atomic mass is 35.5. The van der Waals surface area contributed by atoms with Crippen LogP contribution in [0, 0.1) is 17.7 Å². The van der Waals surface area contributed by atoms with Gasteiger partial charge in [0.15, 0.2) is 5.12 Å². The first-order chi connectivity index (χ1) is 9.27. The Labute approximate surface area is 132 Å². The number of carbonyl (C=O) groups is 2. The molecule has 2 unspecified atom stereocenters. The summed E-state index contributed by atoms with van der Waals surface area (Å²) in [7, 11) is 0. The summed E-state index contributed by atoms with van der Waals surface area (Å²) in [5.74, 6) is -0.702. The second-order valence-corrected chi connectivity index (χ2v) is 6.43. The van der Waals surface area contributed by atoms with Crippen molar-refractivity contribution in [1.82, 2.24) is 0 Å². The summed E-state index contributed by atoms with van der Waals surface area (Å²) < 4.78 is 13.5. The fourth-order valence-corrected chi connectivity index (χ4v) is 2.92. The number of hydrogen-bond acceptors (Lipinski definition) is 3. The van der Waals surface area contributed by atoms with Gasteiger partial charge in [-0.2, -0.15) is 0 Å². The van der Waals surface area contributed by atoms with E-state index in [0.717, 1.165) is 24.2 Å². The molecule has 6 heteroatoms. The van der Waals surface area contributed by atoms with Gasteiger partial charge in [-0.05, 0) is 29.7 Å². The molecule has 2 nitrogen and oxygen atoms in total. The van der Waals surface area contributed by atoms with Crippen LogP contribution in [0.4, 0.5) is 4.39 Å². The van der Waals surface area contributed by atoms with Gasteiger partial charge < -0.3 is 0 Å². The zero-order chi connectivity index (χ0) is 15.4. The Bertz CT molecular complexity index is 534. The third kappa shape index (κ3) is 4.21. The minimum atomic E-state index is -0.913. The van der Waals surface area contributed by atoms with Crippen molar-refractivity contribution < 1.29 is 14.0 Å². The Morgan fingerprint density at radius 2 is 1.95 bits per heavy atom. The van der Waals surface area contributed by atoms with Crippen molar-refractivity contribution >= 4 is 45.3 Å². The summed E-state index contributed by atoms with van der Waals surface area (Å²) in [6.45, 7) is 5.84. The van der Waals surface area contributed by atoms with Crippen molar-refractivity contribution in [3.63, 3.8) is 0 Å². The Morgan fingerprint density at radius 1 is 1.35 bits per heavy atom. The largest absolute Gasteiger partial charge is 0.287 e. The second kappa shape index (κ2) is 7.43. The van der Waals surface area contributed by atoms with Gasteiger partial charge in [-0.1, -0.05) is 50.6 Å². The maximum atomic E-state index is 13.5. The molecule has 110 valence electrons. The van der Waals surface area contributed by atoms with Crippen LogP contribution < -0.4 is 0 Å². The molecule has 0 aromatic heterocycles. The SMILES string of the molecule is CCC(C)C(C)C(=O)Sc1cc(C(=O)Cl)c(F)cc1Cl. The van der Waals surface area contributed by atoms with Crippen LogP contribution in [0.15, 0.2) is 17.0 Å². The van der Waals surface area contributed by atoms with Crippen LogP contribution in [0.3, 0.4) is 0 Å². The topological polar surface area (TPSA) is 34.1 Å². The molecule has 0 radical (unpaired) electrons. The minimum Gasteiger partial charge on any atom is -0.287 e. The van der Waals surface area contributed by atoms with Crippen LogP contribution in [-0.2, 0) is 4.79 Å². The summed E-state index contributed by atoms with van der Waals surface area (Å²) in [6, 6.07) is 2.22. The molecule has 0 aliphatic carbocycles. The van der Waals surface area contributed by atoms with Gasteiger partial charge in [-0.3, -0.25) is 9.59 Å². The zero-order valence-corrected chi connectivity index (χ0v) is 13.7. The molecule has 0 aliphatic rings. The summed E-state index contributed by atoms with van der Waals surface area (Å²) in [5.41, 5.74) is -0.275. The fraction of sp³-hybridized carbons (Fsp3) is 0.429. The molecule has 1 aromatic carbocycles. The number of rotatable bonds is 5. The van der Waals surface area contributed by atoms with E-state index in [1.54, 1.807) is 0 Å². The highest BCUT2D eigenvalue weighted by molar-refractivity contribution is 8.13. The molecule has 0 bridgehead atoms. The van der Waals surface area contributed by atoms with Gasteiger partial charge in [0, 0.05) is 10.8 Å². The molecule has 0 amide bonds. The zero-order valence-electron chi connectivity index (χ0n) is 11.4. The molecule has 0 heterocycles. The number of carbonyl (C=O) groups excluding carboxylic acids is 2. The van der Waals surface area contributed by atoms with Crippen molar-refractivity contribution in [2.24, 2.45) is 11.8 Å². The van der Waals surface area contributed by atoms with Crippen LogP contribution in [0.25, 0.3) is 0 Å². The number of hydrogen-bond donors (Lipinski definition) is 0. The van der Waals surface area contributed by atoms with E-state index in [4.69, 9.17) is 23.2 Å². The standard InChI is InChI=1S/C14H15Cl2FO2S/c1-4-7(2)8(3)14(19)20-12-5-9(13(16)18)11(17)6-10(12)15/h5-8H,4H2,1-3H3. The molecule has 0 saturated carbocycles. The number of halogens is 3. The molecule has 0 spiro atoms. The number of benzene rings is 1. The van der Waals surface area contributed by atoms with Crippen LogP contribution in [-0.4, -0.2) is 10.4 Å². The van der Waals surface area contributed by atoms with E-state index in [1.165, 1.54) is 6.07 Å². The van der Waals surface area contributed by atoms with Crippen LogP contribution in [0.1, 0.15) is 37.6 Å². The van der Waals surface area contributed by atoms with E-state index in [1.807, 2.05) is 20.8 Å². The summed E-state index contributed by atoms with van der Waals surface area (Å²) in [4.78, 5) is 23.6. The molecule has 1 aromatic rings. The Balaban J connectivity index is 3.01. The van der Waals surface area contributed by atoms with E-state index < -0.39 is 11.1 Å². The third-order valence-corrected chi connectivity index (χ3v) is 5.07.